The first-order chi connectivity index (χ1) is 7.18. The van der Waals surface area contributed by atoms with Crippen LogP contribution in [0.3, 0.4) is 0 Å². The van der Waals surface area contributed by atoms with Crippen LogP contribution in [0.4, 0.5) is 0 Å². The van der Waals surface area contributed by atoms with Gasteiger partial charge in [0.05, 0.1) is 0 Å². The Balaban J connectivity index is 2.21. The molecule has 0 aromatic carbocycles. The van der Waals surface area contributed by atoms with Gasteiger partial charge in [0, 0.05) is 31.4 Å². The van der Waals surface area contributed by atoms with E-state index in [-0.39, 0.29) is 0 Å². The molecular formula is C13H20N2. The maximum Gasteiger partial charge on any atom is 0.0303 e. The lowest BCUT2D eigenvalue weighted by Crippen LogP contribution is -2.17. The van der Waals surface area contributed by atoms with Crippen LogP contribution < -0.4 is 0 Å². The van der Waals surface area contributed by atoms with Gasteiger partial charge in [-0.25, -0.2) is 0 Å². The molecule has 0 radical (unpaired) electrons. The molecule has 0 spiro atoms. The van der Waals surface area contributed by atoms with E-state index in [0.29, 0.717) is 5.92 Å². The van der Waals surface area contributed by atoms with Gasteiger partial charge >= 0.3 is 0 Å². The average molecular weight is 204 g/mol. The maximum atomic E-state index is 4.23. The van der Waals surface area contributed by atoms with Crippen molar-refractivity contribution in [3.63, 3.8) is 0 Å². The van der Waals surface area contributed by atoms with E-state index in [1.807, 2.05) is 18.5 Å². The van der Waals surface area contributed by atoms with Gasteiger partial charge in [-0.1, -0.05) is 19.9 Å². The Kier molecular flexibility index (Phi) is 3.06. The van der Waals surface area contributed by atoms with Crippen LogP contribution in [0, 0.1) is 11.8 Å². The van der Waals surface area contributed by atoms with Crippen LogP contribution >= 0.6 is 0 Å². The van der Waals surface area contributed by atoms with E-state index in [1.54, 1.807) is 0 Å². The largest absolute Gasteiger partial charge is 0.305 e. The first-order valence-electron chi connectivity index (χ1n) is 5.77. The molecule has 0 bridgehead atoms. The zero-order valence-corrected chi connectivity index (χ0v) is 9.85. The Bertz CT molecular complexity index is 308. The fraction of sp³-hybridized carbons (Fsp3) is 0.615. The zero-order chi connectivity index (χ0) is 10.8. The Labute approximate surface area is 92.3 Å². The molecule has 0 N–H and O–H groups in total. The summed E-state index contributed by atoms with van der Waals surface area (Å²) < 4.78 is 0. The second kappa shape index (κ2) is 4.31. The first-order valence-corrected chi connectivity index (χ1v) is 5.77. The van der Waals surface area contributed by atoms with E-state index >= 15 is 0 Å². The summed E-state index contributed by atoms with van der Waals surface area (Å²) in [5.74, 6) is 2.20. The first kappa shape index (κ1) is 10.6. The number of rotatable bonds is 2. The molecule has 82 valence electrons. The second-order valence-electron chi connectivity index (χ2n) is 5.02. The van der Waals surface area contributed by atoms with Gasteiger partial charge in [0.2, 0.25) is 0 Å². The summed E-state index contributed by atoms with van der Waals surface area (Å²) in [6.45, 7) is 7.05. The molecular weight excluding hydrogens is 184 g/mol. The molecule has 2 heterocycles. The van der Waals surface area contributed by atoms with E-state index in [2.05, 4.69) is 36.8 Å². The summed E-state index contributed by atoms with van der Waals surface area (Å²) in [6, 6.07) is 4.26. The third-order valence-corrected chi connectivity index (χ3v) is 3.52. The number of hydrogen-bond donors (Lipinski definition) is 0. The lowest BCUT2D eigenvalue weighted by molar-refractivity contribution is 0.344. The van der Waals surface area contributed by atoms with E-state index < -0.39 is 0 Å². The molecule has 1 aromatic heterocycles. The van der Waals surface area contributed by atoms with E-state index in [9.17, 15) is 0 Å². The van der Waals surface area contributed by atoms with Crippen molar-refractivity contribution in [2.24, 2.45) is 11.8 Å². The molecule has 2 nitrogen and oxygen atoms in total. The lowest BCUT2D eigenvalue weighted by Gasteiger charge is -2.21. The highest BCUT2D eigenvalue weighted by molar-refractivity contribution is 5.18. The molecule has 1 saturated heterocycles. The Morgan fingerprint density at radius 1 is 1.40 bits per heavy atom. The van der Waals surface area contributed by atoms with E-state index in [1.165, 1.54) is 18.7 Å². The fourth-order valence-electron chi connectivity index (χ4n) is 2.66. The van der Waals surface area contributed by atoms with Gasteiger partial charge < -0.3 is 4.90 Å². The summed E-state index contributed by atoms with van der Waals surface area (Å²) in [4.78, 5) is 6.66. The molecule has 1 fully saturated rings. The maximum absolute atomic E-state index is 4.23. The number of likely N-dealkylation sites (tertiary alicyclic amines) is 1. The minimum absolute atomic E-state index is 0.670. The van der Waals surface area contributed by atoms with Crippen LogP contribution in [0.25, 0.3) is 0 Å². The normalized spacial score (nSPS) is 27.5. The minimum atomic E-state index is 0.670. The summed E-state index contributed by atoms with van der Waals surface area (Å²) in [7, 11) is 2.21. The zero-order valence-electron chi connectivity index (χ0n) is 9.85. The van der Waals surface area contributed by atoms with Crippen molar-refractivity contribution < 1.29 is 0 Å². The Morgan fingerprint density at radius 3 is 2.80 bits per heavy atom. The van der Waals surface area contributed by atoms with Crippen molar-refractivity contribution in [3.05, 3.63) is 30.1 Å². The molecule has 0 amide bonds. The number of nitrogens with zero attached hydrogens (tertiary/aromatic N) is 2. The SMILES string of the molecule is CC(C)C1CN(C)CC1c1cccnc1. The predicted molar refractivity (Wildman–Crippen MR) is 62.8 cm³/mol. The molecule has 2 atom stereocenters. The van der Waals surface area contributed by atoms with Crippen LogP contribution in [0.5, 0.6) is 0 Å². The summed E-state index contributed by atoms with van der Waals surface area (Å²) in [5.41, 5.74) is 1.40. The summed E-state index contributed by atoms with van der Waals surface area (Å²) in [5, 5.41) is 0. The smallest absolute Gasteiger partial charge is 0.0303 e. The fourth-order valence-corrected chi connectivity index (χ4v) is 2.66. The third-order valence-electron chi connectivity index (χ3n) is 3.52. The molecule has 1 aliphatic rings. The molecule has 2 rings (SSSR count). The van der Waals surface area contributed by atoms with Crippen LogP contribution in [0.15, 0.2) is 24.5 Å². The summed E-state index contributed by atoms with van der Waals surface area (Å²) >= 11 is 0. The monoisotopic (exact) mass is 204 g/mol. The number of pyridine rings is 1. The van der Waals surface area contributed by atoms with Gasteiger partial charge in [-0.15, -0.1) is 0 Å². The summed E-state index contributed by atoms with van der Waals surface area (Å²) in [6.07, 6.45) is 3.88. The molecule has 2 unspecified atom stereocenters. The van der Waals surface area contributed by atoms with E-state index in [4.69, 9.17) is 0 Å². The molecule has 0 aliphatic carbocycles. The molecule has 15 heavy (non-hydrogen) atoms. The Hall–Kier alpha value is -0.890. The standard InChI is InChI=1S/C13H20N2/c1-10(2)12-8-15(3)9-13(12)11-5-4-6-14-7-11/h4-7,10,12-13H,8-9H2,1-3H3. The van der Waals surface area contributed by atoms with Crippen molar-refractivity contribution >= 4 is 0 Å². The third kappa shape index (κ3) is 2.20. The number of hydrogen-bond acceptors (Lipinski definition) is 2. The average Bonchev–Trinajstić information content (AvgIpc) is 2.62. The van der Waals surface area contributed by atoms with Crippen molar-refractivity contribution in [3.8, 4) is 0 Å². The van der Waals surface area contributed by atoms with Crippen molar-refractivity contribution in [1.82, 2.24) is 9.88 Å². The van der Waals surface area contributed by atoms with Gasteiger partial charge in [-0.05, 0) is 30.5 Å². The van der Waals surface area contributed by atoms with Crippen molar-refractivity contribution in [1.29, 1.82) is 0 Å². The predicted octanol–water partition coefficient (Wildman–Crippen LogP) is 2.38. The van der Waals surface area contributed by atoms with Crippen molar-refractivity contribution in [2.45, 2.75) is 19.8 Å². The highest BCUT2D eigenvalue weighted by Crippen LogP contribution is 2.35. The Morgan fingerprint density at radius 2 is 2.20 bits per heavy atom. The highest BCUT2D eigenvalue weighted by atomic mass is 15.1. The van der Waals surface area contributed by atoms with Crippen molar-refractivity contribution in [2.75, 3.05) is 20.1 Å². The van der Waals surface area contributed by atoms with Gasteiger partial charge in [-0.3, -0.25) is 4.98 Å². The molecule has 2 heteroatoms. The minimum Gasteiger partial charge on any atom is -0.305 e. The van der Waals surface area contributed by atoms with Gasteiger partial charge in [0.15, 0.2) is 0 Å². The molecule has 1 aliphatic heterocycles. The van der Waals surface area contributed by atoms with Gasteiger partial charge in [0.25, 0.3) is 0 Å². The molecule has 0 saturated carbocycles. The van der Waals surface area contributed by atoms with Crippen LogP contribution in [-0.4, -0.2) is 30.0 Å². The second-order valence-corrected chi connectivity index (χ2v) is 5.02. The lowest BCUT2D eigenvalue weighted by atomic mass is 9.82. The highest BCUT2D eigenvalue weighted by Gasteiger charge is 2.33. The van der Waals surface area contributed by atoms with Gasteiger partial charge in [0.1, 0.15) is 0 Å². The van der Waals surface area contributed by atoms with Crippen LogP contribution in [-0.2, 0) is 0 Å². The van der Waals surface area contributed by atoms with Crippen LogP contribution in [0.1, 0.15) is 25.3 Å². The number of aromatic nitrogens is 1. The molecule has 1 aromatic rings. The van der Waals surface area contributed by atoms with Crippen LogP contribution in [0.2, 0.25) is 0 Å². The van der Waals surface area contributed by atoms with Gasteiger partial charge in [-0.2, -0.15) is 0 Å². The van der Waals surface area contributed by atoms with E-state index in [0.717, 1.165) is 11.8 Å². The quantitative estimate of drug-likeness (QED) is 0.735. The topological polar surface area (TPSA) is 16.1 Å². The number of likely N-dealkylation sites (N-methyl/N-ethyl adjacent to an activating group) is 1.